The van der Waals surface area contributed by atoms with Crippen molar-refractivity contribution < 1.29 is 14.3 Å². The Balaban J connectivity index is 1.91. The van der Waals surface area contributed by atoms with Gasteiger partial charge < -0.3 is 10.1 Å². The van der Waals surface area contributed by atoms with Crippen molar-refractivity contribution in [2.45, 2.75) is 33.2 Å². The van der Waals surface area contributed by atoms with Crippen LogP contribution in [-0.2, 0) is 9.59 Å². The fraction of sp³-hybridized carbons (Fsp3) is 0.318. The van der Waals surface area contributed by atoms with Gasteiger partial charge in [0.25, 0.3) is 11.8 Å². The highest BCUT2D eigenvalue weighted by atomic mass is 35.5. The quantitative estimate of drug-likeness (QED) is 0.484. The van der Waals surface area contributed by atoms with Crippen LogP contribution in [0.15, 0.2) is 53.6 Å². The highest BCUT2D eigenvalue weighted by Gasteiger charge is 2.22. The highest BCUT2D eigenvalue weighted by molar-refractivity contribution is 6.30. The second-order valence-corrected chi connectivity index (χ2v) is 7.53. The molecule has 0 aliphatic rings. The molecule has 0 spiro atoms. The van der Waals surface area contributed by atoms with Crippen LogP contribution in [-0.4, -0.2) is 30.7 Å². The highest BCUT2D eigenvalue weighted by Crippen LogP contribution is 2.16. The van der Waals surface area contributed by atoms with Gasteiger partial charge in [0.05, 0.1) is 6.21 Å². The van der Waals surface area contributed by atoms with E-state index in [1.54, 1.807) is 30.3 Å². The topological polar surface area (TPSA) is 79.8 Å². The van der Waals surface area contributed by atoms with E-state index in [4.69, 9.17) is 16.3 Å². The van der Waals surface area contributed by atoms with Crippen molar-refractivity contribution in [1.82, 2.24) is 10.7 Å². The Morgan fingerprint density at radius 3 is 2.48 bits per heavy atom. The van der Waals surface area contributed by atoms with Crippen molar-refractivity contribution in [2.24, 2.45) is 11.0 Å². The van der Waals surface area contributed by atoms with Gasteiger partial charge in [0.1, 0.15) is 11.8 Å². The molecular weight excluding hydrogens is 390 g/mol. The van der Waals surface area contributed by atoms with Crippen molar-refractivity contribution in [2.75, 3.05) is 6.61 Å². The summed E-state index contributed by atoms with van der Waals surface area (Å²) in [7, 11) is 0. The molecule has 0 radical (unpaired) electrons. The molecule has 0 unspecified atom stereocenters. The first-order chi connectivity index (χ1) is 13.8. The van der Waals surface area contributed by atoms with Crippen LogP contribution in [0, 0.1) is 12.8 Å². The summed E-state index contributed by atoms with van der Waals surface area (Å²) in [4.78, 5) is 24.8. The Hall–Kier alpha value is -2.86. The SMILES string of the molecule is Cc1ccccc1OCC(=O)N[C@@H](CC(C)C)C(=O)N/N=C\c1ccc(Cl)cc1. The largest absolute Gasteiger partial charge is 0.484 e. The van der Waals surface area contributed by atoms with Crippen LogP contribution in [0.3, 0.4) is 0 Å². The number of nitrogens with one attached hydrogen (secondary N) is 2. The van der Waals surface area contributed by atoms with Crippen molar-refractivity contribution in [1.29, 1.82) is 0 Å². The number of hydrogen-bond acceptors (Lipinski definition) is 4. The molecule has 0 fully saturated rings. The normalized spacial score (nSPS) is 12.0. The van der Waals surface area contributed by atoms with Crippen LogP contribution >= 0.6 is 11.6 Å². The number of carbonyl (C=O) groups is 2. The average molecular weight is 416 g/mol. The zero-order valence-electron chi connectivity index (χ0n) is 16.8. The molecule has 2 N–H and O–H groups in total. The minimum absolute atomic E-state index is 0.166. The molecule has 2 aromatic rings. The Labute approximate surface area is 176 Å². The lowest BCUT2D eigenvalue weighted by Crippen LogP contribution is -2.47. The van der Waals surface area contributed by atoms with E-state index in [2.05, 4.69) is 15.8 Å². The molecule has 0 aromatic heterocycles. The lowest BCUT2D eigenvalue weighted by molar-refractivity contribution is -0.130. The lowest BCUT2D eigenvalue weighted by Gasteiger charge is -2.19. The first-order valence-corrected chi connectivity index (χ1v) is 9.79. The second-order valence-electron chi connectivity index (χ2n) is 7.09. The molecular formula is C22H26ClN3O3. The molecule has 2 aromatic carbocycles. The van der Waals surface area contributed by atoms with E-state index in [0.29, 0.717) is 17.2 Å². The zero-order valence-corrected chi connectivity index (χ0v) is 17.6. The van der Waals surface area contributed by atoms with Gasteiger partial charge in [-0.3, -0.25) is 9.59 Å². The van der Waals surface area contributed by atoms with Gasteiger partial charge in [-0.15, -0.1) is 0 Å². The number of hydrazone groups is 1. The summed E-state index contributed by atoms with van der Waals surface area (Å²) >= 11 is 5.84. The van der Waals surface area contributed by atoms with Crippen LogP contribution in [0.1, 0.15) is 31.4 Å². The maximum atomic E-state index is 12.5. The molecule has 2 amide bonds. The van der Waals surface area contributed by atoms with Gasteiger partial charge in [-0.25, -0.2) is 5.43 Å². The van der Waals surface area contributed by atoms with Gasteiger partial charge in [-0.05, 0) is 48.6 Å². The van der Waals surface area contributed by atoms with Crippen LogP contribution in [0.5, 0.6) is 5.75 Å². The monoisotopic (exact) mass is 415 g/mol. The molecule has 0 aliphatic heterocycles. The number of ether oxygens (including phenoxy) is 1. The Kier molecular flexibility index (Phi) is 8.68. The Bertz CT molecular complexity index is 851. The molecule has 0 saturated carbocycles. The van der Waals surface area contributed by atoms with E-state index in [9.17, 15) is 9.59 Å². The summed E-state index contributed by atoms with van der Waals surface area (Å²) in [5.74, 6) is 0.104. The van der Waals surface area contributed by atoms with Gasteiger partial charge in [0, 0.05) is 5.02 Å². The minimum Gasteiger partial charge on any atom is -0.484 e. The number of nitrogens with zero attached hydrogens (tertiary/aromatic N) is 1. The number of para-hydroxylation sites is 1. The third-order valence-corrected chi connectivity index (χ3v) is 4.32. The van der Waals surface area contributed by atoms with Gasteiger partial charge in [0.2, 0.25) is 0 Å². The smallest absolute Gasteiger partial charge is 0.262 e. The van der Waals surface area contributed by atoms with Gasteiger partial charge in [-0.2, -0.15) is 5.10 Å². The molecule has 29 heavy (non-hydrogen) atoms. The maximum absolute atomic E-state index is 12.5. The summed E-state index contributed by atoms with van der Waals surface area (Å²) < 4.78 is 5.55. The molecule has 6 nitrogen and oxygen atoms in total. The molecule has 0 aliphatic carbocycles. The molecule has 154 valence electrons. The number of amides is 2. The standard InChI is InChI=1S/C22H26ClN3O3/c1-15(2)12-19(22(28)26-24-13-17-8-10-18(23)11-9-17)25-21(27)14-29-20-7-5-4-6-16(20)3/h4-11,13,15,19H,12,14H2,1-3H3,(H,25,27)(H,26,28)/b24-13-/t19-/m0/s1. The van der Waals surface area contributed by atoms with E-state index >= 15 is 0 Å². The number of hydrogen-bond donors (Lipinski definition) is 2. The summed E-state index contributed by atoms with van der Waals surface area (Å²) in [5, 5.41) is 7.31. The van der Waals surface area contributed by atoms with E-state index in [-0.39, 0.29) is 24.3 Å². The summed E-state index contributed by atoms with van der Waals surface area (Å²) in [6.07, 6.45) is 2.00. The predicted octanol–water partition coefficient (Wildman–Crippen LogP) is 3.71. The van der Waals surface area contributed by atoms with E-state index < -0.39 is 6.04 Å². The number of rotatable bonds is 9. The van der Waals surface area contributed by atoms with Crippen molar-refractivity contribution in [3.63, 3.8) is 0 Å². The number of carbonyl (C=O) groups excluding carboxylic acids is 2. The third-order valence-electron chi connectivity index (χ3n) is 4.07. The van der Waals surface area contributed by atoms with Gasteiger partial charge in [0.15, 0.2) is 6.61 Å². The number of halogens is 1. The molecule has 7 heteroatoms. The number of benzene rings is 2. The van der Waals surface area contributed by atoms with E-state index in [0.717, 1.165) is 11.1 Å². The third kappa shape index (κ3) is 7.95. The van der Waals surface area contributed by atoms with Gasteiger partial charge in [-0.1, -0.05) is 55.8 Å². The fourth-order valence-corrected chi connectivity index (χ4v) is 2.72. The molecule has 1 atom stereocenters. The molecule has 0 heterocycles. The van der Waals surface area contributed by atoms with Gasteiger partial charge >= 0.3 is 0 Å². The molecule has 2 rings (SSSR count). The summed E-state index contributed by atoms with van der Waals surface area (Å²) in [6.45, 7) is 5.70. The van der Waals surface area contributed by atoms with Crippen molar-refractivity contribution in [3.05, 3.63) is 64.7 Å². The van der Waals surface area contributed by atoms with Crippen LogP contribution in [0.2, 0.25) is 5.02 Å². The first-order valence-electron chi connectivity index (χ1n) is 9.41. The second kappa shape index (κ2) is 11.2. The average Bonchev–Trinajstić information content (AvgIpc) is 2.68. The fourth-order valence-electron chi connectivity index (χ4n) is 2.60. The molecule has 0 bridgehead atoms. The minimum atomic E-state index is -0.703. The van der Waals surface area contributed by atoms with Crippen molar-refractivity contribution in [3.8, 4) is 5.75 Å². The van der Waals surface area contributed by atoms with Crippen LogP contribution < -0.4 is 15.5 Å². The number of aryl methyl sites for hydroxylation is 1. The first kappa shape index (κ1) is 22.4. The van der Waals surface area contributed by atoms with E-state index in [1.807, 2.05) is 39.0 Å². The molecule has 0 saturated heterocycles. The lowest BCUT2D eigenvalue weighted by atomic mass is 10.0. The van der Waals surface area contributed by atoms with Crippen LogP contribution in [0.25, 0.3) is 0 Å². The Morgan fingerprint density at radius 1 is 1.14 bits per heavy atom. The summed E-state index contributed by atoms with van der Waals surface area (Å²) in [6, 6.07) is 13.8. The van der Waals surface area contributed by atoms with Crippen molar-refractivity contribution >= 4 is 29.6 Å². The van der Waals surface area contributed by atoms with Crippen LogP contribution in [0.4, 0.5) is 0 Å². The van der Waals surface area contributed by atoms with E-state index in [1.165, 1.54) is 6.21 Å². The Morgan fingerprint density at radius 2 is 1.83 bits per heavy atom. The zero-order chi connectivity index (χ0) is 21.2. The maximum Gasteiger partial charge on any atom is 0.262 e. The summed E-state index contributed by atoms with van der Waals surface area (Å²) in [5.41, 5.74) is 4.22. The predicted molar refractivity (Wildman–Crippen MR) is 115 cm³/mol.